The van der Waals surface area contributed by atoms with Gasteiger partial charge in [0.2, 0.25) is 0 Å². The summed E-state index contributed by atoms with van der Waals surface area (Å²) in [6.07, 6.45) is 0. The van der Waals surface area contributed by atoms with E-state index in [2.05, 4.69) is 45.0 Å². The van der Waals surface area contributed by atoms with Crippen LogP contribution in [0.25, 0.3) is 0 Å². The Morgan fingerprint density at radius 3 is 1.92 bits per heavy atom. The third kappa shape index (κ3) is 4.21. The smallest absolute Gasteiger partial charge is 0.193 e. The number of carbonyl (C=O) groups excluding carboxylic acids is 1. The molecular formula is C23H22OS. The molecule has 0 aliphatic carbocycles. The van der Waals surface area contributed by atoms with Crippen LogP contribution in [0.2, 0.25) is 0 Å². The highest BCUT2D eigenvalue weighted by molar-refractivity contribution is 7.99. The highest BCUT2D eigenvalue weighted by Crippen LogP contribution is 2.36. The van der Waals surface area contributed by atoms with Crippen molar-refractivity contribution < 1.29 is 4.79 Å². The summed E-state index contributed by atoms with van der Waals surface area (Å²) in [6, 6.07) is 25.8. The van der Waals surface area contributed by atoms with Crippen molar-refractivity contribution in [2.24, 2.45) is 0 Å². The lowest BCUT2D eigenvalue weighted by Crippen LogP contribution is -2.12. The molecule has 0 aliphatic rings. The van der Waals surface area contributed by atoms with E-state index in [1.807, 2.05) is 54.6 Å². The van der Waals surface area contributed by atoms with Gasteiger partial charge in [0.15, 0.2) is 5.78 Å². The van der Waals surface area contributed by atoms with Gasteiger partial charge in [0.1, 0.15) is 0 Å². The first kappa shape index (κ1) is 17.5. The minimum absolute atomic E-state index is 0.0623. The van der Waals surface area contributed by atoms with Crippen LogP contribution in [-0.2, 0) is 5.41 Å². The van der Waals surface area contributed by atoms with Gasteiger partial charge in [-0.1, -0.05) is 81.1 Å². The van der Waals surface area contributed by atoms with Crippen LogP contribution in [0.3, 0.4) is 0 Å². The zero-order valence-electron chi connectivity index (χ0n) is 14.8. The fourth-order valence-corrected chi connectivity index (χ4v) is 3.89. The second-order valence-corrected chi connectivity index (χ2v) is 8.18. The second-order valence-electron chi connectivity index (χ2n) is 7.07. The summed E-state index contributed by atoms with van der Waals surface area (Å²) in [6.45, 7) is 6.69. The average Bonchev–Trinajstić information content (AvgIpc) is 2.62. The summed E-state index contributed by atoms with van der Waals surface area (Å²) < 4.78 is 0. The van der Waals surface area contributed by atoms with Crippen molar-refractivity contribution in [2.45, 2.75) is 36.0 Å². The lowest BCUT2D eigenvalue weighted by atomic mass is 9.87. The van der Waals surface area contributed by atoms with Crippen LogP contribution < -0.4 is 0 Å². The van der Waals surface area contributed by atoms with Gasteiger partial charge in [0.05, 0.1) is 0 Å². The normalized spacial score (nSPS) is 11.3. The van der Waals surface area contributed by atoms with Crippen molar-refractivity contribution in [3.8, 4) is 0 Å². The molecule has 1 nitrogen and oxygen atoms in total. The van der Waals surface area contributed by atoms with Gasteiger partial charge in [-0.05, 0) is 41.3 Å². The van der Waals surface area contributed by atoms with E-state index in [0.29, 0.717) is 0 Å². The largest absolute Gasteiger partial charge is 0.289 e. The summed E-state index contributed by atoms with van der Waals surface area (Å²) >= 11 is 1.75. The Balaban J connectivity index is 1.82. The number of hydrogen-bond donors (Lipinski definition) is 0. The van der Waals surface area contributed by atoms with E-state index in [1.54, 1.807) is 11.8 Å². The molecule has 0 fully saturated rings. The fraction of sp³-hybridized carbons (Fsp3) is 0.174. The molecule has 0 unspecified atom stereocenters. The van der Waals surface area contributed by atoms with Crippen LogP contribution in [-0.4, -0.2) is 5.78 Å². The van der Waals surface area contributed by atoms with Gasteiger partial charge in [0.25, 0.3) is 0 Å². The molecule has 3 aromatic rings. The van der Waals surface area contributed by atoms with E-state index in [0.717, 1.165) is 16.0 Å². The molecule has 0 radical (unpaired) electrons. The molecule has 0 saturated carbocycles. The number of hydrogen-bond acceptors (Lipinski definition) is 2. The molecule has 0 spiro atoms. The predicted octanol–water partition coefficient (Wildman–Crippen LogP) is 6.37. The zero-order chi connectivity index (χ0) is 17.9. The Labute approximate surface area is 154 Å². The van der Waals surface area contributed by atoms with Crippen LogP contribution in [0.1, 0.15) is 42.3 Å². The standard InChI is InChI=1S/C23H22OS/c1-23(2,3)20-11-7-8-12-21(20)25-19-15-13-18(14-16-19)22(24)17-9-5-4-6-10-17/h4-16H,1-3H3. The van der Waals surface area contributed by atoms with Gasteiger partial charge in [-0.15, -0.1) is 0 Å². The third-order valence-electron chi connectivity index (χ3n) is 4.08. The van der Waals surface area contributed by atoms with E-state index < -0.39 is 0 Å². The minimum atomic E-state index is 0.0623. The Hall–Kier alpha value is -2.32. The third-order valence-corrected chi connectivity index (χ3v) is 5.16. The molecule has 0 saturated heterocycles. The van der Waals surface area contributed by atoms with Crippen molar-refractivity contribution >= 4 is 17.5 Å². The lowest BCUT2D eigenvalue weighted by molar-refractivity contribution is 0.103. The van der Waals surface area contributed by atoms with Crippen LogP contribution >= 0.6 is 11.8 Å². The number of ketones is 1. The maximum Gasteiger partial charge on any atom is 0.193 e. The SMILES string of the molecule is CC(C)(C)c1ccccc1Sc1ccc(C(=O)c2ccccc2)cc1. The molecule has 0 atom stereocenters. The van der Waals surface area contributed by atoms with Gasteiger partial charge in [-0.3, -0.25) is 4.79 Å². The second kappa shape index (κ2) is 7.28. The average molecular weight is 346 g/mol. The molecule has 0 aliphatic heterocycles. The summed E-state index contributed by atoms with van der Waals surface area (Å²) in [5.41, 5.74) is 2.89. The lowest BCUT2D eigenvalue weighted by Gasteiger charge is -2.22. The maximum absolute atomic E-state index is 12.5. The van der Waals surface area contributed by atoms with Crippen molar-refractivity contribution in [3.05, 3.63) is 95.6 Å². The molecule has 0 aromatic heterocycles. The summed E-state index contributed by atoms with van der Waals surface area (Å²) in [7, 11) is 0. The van der Waals surface area contributed by atoms with E-state index in [4.69, 9.17) is 0 Å². The minimum Gasteiger partial charge on any atom is -0.289 e. The van der Waals surface area contributed by atoms with Crippen molar-refractivity contribution in [2.75, 3.05) is 0 Å². The van der Waals surface area contributed by atoms with Gasteiger partial charge in [-0.2, -0.15) is 0 Å². The summed E-state index contributed by atoms with van der Waals surface area (Å²) in [5.74, 6) is 0.0623. The first-order chi connectivity index (χ1) is 11.9. The van der Waals surface area contributed by atoms with Gasteiger partial charge in [0, 0.05) is 20.9 Å². The zero-order valence-corrected chi connectivity index (χ0v) is 15.6. The molecule has 25 heavy (non-hydrogen) atoms. The van der Waals surface area contributed by atoms with Crippen LogP contribution in [0.5, 0.6) is 0 Å². The van der Waals surface area contributed by atoms with Gasteiger partial charge < -0.3 is 0 Å². The summed E-state index contributed by atoms with van der Waals surface area (Å²) in [5, 5.41) is 0. The number of carbonyl (C=O) groups is 1. The molecule has 0 bridgehead atoms. The van der Waals surface area contributed by atoms with E-state index in [9.17, 15) is 4.79 Å². The first-order valence-electron chi connectivity index (χ1n) is 8.42. The topological polar surface area (TPSA) is 17.1 Å². The van der Waals surface area contributed by atoms with Crippen molar-refractivity contribution in [1.82, 2.24) is 0 Å². The molecule has 126 valence electrons. The van der Waals surface area contributed by atoms with Crippen molar-refractivity contribution in [3.63, 3.8) is 0 Å². The monoisotopic (exact) mass is 346 g/mol. The Morgan fingerprint density at radius 1 is 0.720 bits per heavy atom. The molecule has 0 N–H and O–H groups in total. The molecule has 2 heteroatoms. The van der Waals surface area contributed by atoms with Crippen LogP contribution in [0.4, 0.5) is 0 Å². The predicted molar refractivity (Wildman–Crippen MR) is 106 cm³/mol. The number of benzene rings is 3. The quantitative estimate of drug-likeness (QED) is 0.511. The molecule has 3 rings (SSSR count). The Kier molecular flexibility index (Phi) is 5.10. The van der Waals surface area contributed by atoms with E-state index >= 15 is 0 Å². The molecular weight excluding hydrogens is 324 g/mol. The van der Waals surface area contributed by atoms with E-state index in [1.165, 1.54) is 10.5 Å². The fourth-order valence-electron chi connectivity index (χ4n) is 2.73. The van der Waals surface area contributed by atoms with Crippen LogP contribution in [0, 0.1) is 0 Å². The van der Waals surface area contributed by atoms with E-state index in [-0.39, 0.29) is 11.2 Å². The Bertz CT molecular complexity index is 859. The molecule has 0 amide bonds. The van der Waals surface area contributed by atoms with Crippen molar-refractivity contribution in [1.29, 1.82) is 0 Å². The maximum atomic E-state index is 12.5. The van der Waals surface area contributed by atoms with Gasteiger partial charge >= 0.3 is 0 Å². The molecule has 3 aromatic carbocycles. The summed E-state index contributed by atoms with van der Waals surface area (Å²) in [4.78, 5) is 14.9. The number of rotatable bonds is 4. The highest BCUT2D eigenvalue weighted by Gasteiger charge is 2.18. The van der Waals surface area contributed by atoms with Gasteiger partial charge in [-0.25, -0.2) is 0 Å². The highest BCUT2D eigenvalue weighted by atomic mass is 32.2. The van der Waals surface area contributed by atoms with Crippen LogP contribution in [0.15, 0.2) is 88.7 Å². The first-order valence-corrected chi connectivity index (χ1v) is 9.24. The molecule has 0 heterocycles. The Morgan fingerprint density at radius 2 is 1.28 bits per heavy atom.